The first-order valence-electron chi connectivity index (χ1n) is 10.4. The number of rotatable bonds is 5. The van der Waals surface area contributed by atoms with Crippen LogP contribution in [0, 0.1) is 13.8 Å². The summed E-state index contributed by atoms with van der Waals surface area (Å²) < 4.78 is 6.91. The maximum atomic E-state index is 13.5. The fourth-order valence-corrected chi connectivity index (χ4v) is 4.52. The van der Waals surface area contributed by atoms with Crippen LogP contribution in [0.4, 0.5) is 5.69 Å². The monoisotopic (exact) mass is 513 g/mol. The summed E-state index contributed by atoms with van der Waals surface area (Å²) in [6.45, 7) is 3.76. The van der Waals surface area contributed by atoms with Crippen LogP contribution < -0.4 is 4.90 Å². The van der Waals surface area contributed by atoms with Gasteiger partial charge in [0.25, 0.3) is 5.91 Å². The number of hydrogen-bond acceptors (Lipinski definition) is 4. The maximum absolute atomic E-state index is 13.5. The number of amides is 1. The molecule has 1 fully saturated rings. The van der Waals surface area contributed by atoms with Gasteiger partial charge >= 0.3 is 5.97 Å². The molecule has 0 atom stereocenters. The van der Waals surface area contributed by atoms with Crippen molar-refractivity contribution in [2.24, 2.45) is 0 Å². The van der Waals surface area contributed by atoms with Gasteiger partial charge < -0.3 is 14.2 Å². The van der Waals surface area contributed by atoms with Crippen molar-refractivity contribution in [2.75, 3.05) is 18.6 Å². The number of nitrogens with zero attached hydrogens (tertiary/aromatic N) is 3. The number of aryl methyl sites for hydroxylation is 1. The SMILES string of the molecule is COC(=O)CN1C(=S)N(c2ccc(Cl)cc2)C(=O)/C1=C/c1cc(C)n(-c2ccc(Cl)cc2)c1C. The number of carbonyl (C=O) groups is 2. The van der Waals surface area contributed by atoms with Gasteiger partial charge in [-0.15, -0.1) is 0 Å². The zero-order valence-electron chi connectivity index (χ0n) is 18.7. The van der Waals surface area contributed by atoms with E-state index in [-0.39, 0.29) is 23.3 Å². The third kappa shape index (κ3) is 4.46. The quantitative estimate of drug-likeness (QED) is 0.254. The van der Waals surface area contributed by atoms with Gasteiger partial charge in [0, 0.05) is 27.1 Å². The Morgan fingerprint density at radius 2 is 1.56 bits per heavy atom. The molecular weight excluding hydrogens is 493 g/mol. The maximum Gasteiger partial charge on any atom is 0.325 e. The average Bonchev–Trinajstić information content (AvgIpc) is 3.22. The third-order valence-corrected chi connectivity index (χ3v) is 6.49. The largest absolute Gasteiger partial charge is 0.468 e. The molecule has 174 valence electrons. The number of anilines is 1. The molecule has 1 aliphatic heterocycles. The molecule has 9 heteroatoms. The highest BCUT2D eigenvalue weighted by atomic mass is 35.5. The standard InChI is InChI=1S/C25H21Cl2N3O3S/c1-15-12-17(16(2)29(15)20-8-4-18(26)5-9-20)13-22-24(32)30(21-10-6-19(27)7-11-21)25(34)28(22)14-23(31)33-3/h4-13H,14H2,1-3H3/b22-13-. The van der Waals surface area contributed by atoms with Crippen molar-refractivity contribution in [3.8, 4) is 5.69 Å². The first-order valence-corrected chi connectivity index (χ1v) is 11.5. The molecule has 1 saturated heterocycles. The van der Waals surface area contributed by atoms with Crippen molar-refractivity contribution in [1.29, 1.82) is 0 Å². The van der Waals surface area contributed by atoms with Crippen LogP contribution in [0.2, 0.25) is 10.0 Å². The van der Waals surface area contributed by atoms with E-state index in [1.807, 2.05) is 44.2 Å². The van der Waals surface area contributed by atoms with E-state index in [1.165, 1.54) is 16.9 Å². The van der Waals surface area contributed by atoms with Crippen LogP contribution in [0.3, 0.4) is 0 Å². The van der Waals surface area contributed by atoms with Crippen molar-refractivity contribution in [2.45, 2.75) is 13.8 Å². The number of aromatic nitrogens is 1. The normalized spacial score (nSPS) is 14.9. The smallest absolute Gasteiger partial charge is 0.325 e. The molecule has 1 aliphatic rings. The number of carbonyl (C=O) groups excluding carboxylic acids is 2. The summed E-state index contributed by atoms with van der Waals surface area (Å²) in [4.78, 5) is 28.5. The lowest BCUT2D eigenvalue weighted by molar-refractivity contribution is -0.140. The van der Waals surface area contributed by atoms with Gasteiger partial charge in [0.1, 0.15) is 12.2 Å². The molecule has 0 N–H and O–H groups in total. The van der Waals surface area contributed by atoms with Gasteiger partial charge in [0.05, 0.1) is 12.8 Å². The number of methoxy groups -OCH3 is 1. The van der Waals surface area contributed by atoms with Gasteiger partial charge in [0.15, 0.2) is 5.11 Å². The van der Waals surface area contributed by atoms with Crippen molar-refractivity contribution in [3.63, 3.8) is 0 Å². The lowest BCUT2D eigenvalue weighted by Crippen LogP contribution is -2.35. The number of thiocarbonyl (C=S) groups is 1. The Hall–Kier alpha value is -3.13. The van der Waals surface area contributed by atoms with E-state index in [4.69, 9.17) is 40.2 Å². The number of esters is 1. The second kappa shape index (κ2) is 9.62. The molecule has 2 heterocycles. The number of ether oxygens (including phenoxy) is 1. The fraction of sp³-hybridized carbons (Fsp3) is 0.160. The first-order chi connectivity index (χ1) is 16.2. The topological polar surface area (TPSA) is 54.8 Å². The highest BCUT2D eigenvalue weighted by molar-refractivity contribution is 7.80. The van der Waals surface area contributed by atoms with Crippen molar-refractivity contribution in [1.82, 2.24) is 9.47 Å². The molecular formula is C25H21Cl2N3O3S. The summed E-state index contributed by atoms with van der Waals surface area (Å²) in [6, 6.07) is 16.3. The van der Waals surface area contributed by atoms with Gasteiger partial charge in [-0.3, -0.25) is 14.5 Å². The van der Waals surface area contributed by atoms with E-state index in [0.29, 0.717) is 15.7 Å². The summed E-state index contributed by atoms with van der Waals surface area (Å²) in [5.74, 6) is -0.849. The second-order valence-corrected chi connectivity index (χ2v) is 8.97. The van der Waals surface area contributed by atoms with E-state index in [1.54, 1.807) is 30.3 Å². The molecule has 1 amide bonds. The predicted molar refractivity (Wildman–Crippen MR) is 138 cm³/mol. The van der Waals surface area contributed by atoms with Crippen LogP contribution >= 0.6 is 35.4 Å². The first kappa shape index (κ1) is 24.0. The van der Waals surface area contributed by atoms with Crippen molar-refractivity contribution >= 4 is 64.2 Å². The molecule has 34 heavy (non-hydrogen) atoms. The van der Waals surface area contributed by atoms with E-state index < -0.39 is 5.97 Å². The minimum absolute atomic E-state index is 0.188. The minimum Gasteiger partial charge on any atom is -0.468 e. The van der Waals surface area contributed by atoms with Crippen LogP contribution in [-0.4, -0.2) is 40.1 Å². The molecule has 0 unspecified atom stereocenters. The average molecular weight is 514 g/mol. The van der Waals surface area contributed by atoms with E-state index in [9.17, 15) is 9.59 Å². The summed E-state index contributed by atoms with van der Waals surface area (Å²) in [7, 11) is 1.30. The Morgan fingerprint density at radius 3 is 2.12 bits per heavy atom. The molecule has 1 aromatic heterocycles. The molecule has 0 bridgehead atoms. The Bertz CT molecular complexity index is 1310. The molecule has 3 aromatic rings. The summed E-state index contributed by atoms with van der Waals surface area (Å²) in [5.41, 5.74) is 4.52. The second-order valence-electron chi connectivity index (χ2n) is 7.73. The van der Waals surface area contributed by atoms with Gasteiger partial charge in [-0.05, 0) is 92.3 Å². The van der Waals surface area contributed by atoms with Gasteiger partial charge in [0.2, 0.25) is 0 Å². The molecule has 2 aromatic carbocycles. The molecule has 0 spiro atoms. The summed E-state index contributed by atoms with van der Waals surface area (Å²) >= 11 is 17.7. The van der Waals surface area contributed by atoms with Crippen LogP contribution in [0.25, 0.3) is 11.8 Å². The number of benzene rings is 2. The van der Waals surface area contributed by atoms with Gasteiger partial charge in [-0.2, -0.15) is 0 Å². The van der Waals surface area contributed by atoms with Crippen molar-refractivity contribution in [3.05, 3.63) is 87.3 Å². The summed E-state index contributed by atoms with van der Waals surface area (Å²) in [5, 5.41) is 1.38. The third-order valence-electron chi connectivity index (χ3n) is 5.58. The van der Waals surface area contributed by atoms with Gasteiger partial charge in [-0.25, -0.2) is 0 Å². The highest BCUT2D eigenvalue weighted by Gasteiger charge is 2.40. The van der Waals surface area contributed by atoms with Crippen LogP contribution in [0.5, 0.6) is 0 Å². The van der Waals surface area contributed by atoms with Crippen LogP contribution in [0.15, 0.2) is 60.3 Å². The molecule has 0 aliphatic carbocycles. The Balaban J connectivity index is 1.79. The Kier molecular flexibility index (Phi) is 6.79. The lowest BCUT2D eigenvalue weighted by Gasteiger charge is -2.19. The highest BCUT2D eigenvalue weighted by Crippen LogP contribution is 2.31. The lowest BCUT2D eigenvalue weighted by atomic mass is 10.2. The van der Waals surface area contributed by atoms with Gasteiger partial charge in [-0.1, -0.05) is 23.2 Å². The van der Waals surface area contributed by atoms with E-state index >= 15 is 0 Å². The van der Waals surface area contributed by atoms with Crippen LogP contribution in [0.1, 0.15) is 17.0 Å². The summed E-state index contributed by atoms with van der Waals surface area (Å²) in [6.07, 6.45) is 1.75. The molecule has 0 radical (unpaired) electrons. The van der Waals surface area contributed by atoms with E-state index in [0.717, 1.165) is 22.6 Å². The molecule has 4 rings (SSSR count). The predicted octanol–water partition coefficient (Wildman–Crippen LogP) is 5.55. The molecule has 0 saturated carbocycles. The van der Waals surface area contributed by atoms with Crippen LogP contribution in [-0.2, 0) is 14.3 Å². The number of hydrogen-bond donors (Lipinski definition) is 0. The minimum atomic E-state index is -0.509. The molecule has 6 nitrogen and oxygen atoms in total. The Labute approximate surface area is 212 Å². The zero-order valence-corrected chi connectivity index (χ0v) is 21.0. The Morgan fingerprint density at radius 1 is 1.00 bits per heavy atom. The van der Waals surface area contributed by atoms with E-state index in [2.05, 4.69) is 4.57 Å². The number of halogens is 2. The fourth-order valence-electron chi connectivity index (χ4n) is 3.91. The zero-order chi connectivity index (χ0) is 24.6. The van der Waals surface area contributed by atoms with Crippen molar-refractivity contribution < 1.29 is 14.3 Å².